The fourth-order valence-electron chi connectivity index (χ4n) is 2.09. The number of nitro benzene ring substituents is 1. The second-order valence-electron chi connectivity index (χ2n) is 5.52. The lowest BCUT2D eigenvalue weighted by Gasteiger charge is -2.26. The molecular formula is C13H14ClFN2O4. The summed E-state index contributed by atoms with van der Waals surface area (Å²) < 4.78 is 13.9. The number of hydrogen-bond donors (Lipinski definition) is 1. The van der Waals surface area contributed by atoms with Gasteiger partial charge in [0.15, 0.2) is 0 Å². The number of carbonyl (C=O) groups excluding carboxylic acids is 1. The highest BCUT2D eigenvalue weighted by molar-refractivity contribution is 6.33. The van der Waals surface area contributed by atoms with Crippen LogP contribution in [0, 0.1) is 10.1 Å². The van der Waals surface area contributed by atoms with Gasteiger partial charge in [0, 0.05) is 18.2 Å². The highest BCUT2D eigenvalue weighted by Crippen LogP contribution is 2.33. The zero-order chi connectivity index (χ0) is 15.9. The van der Waals surface area contributed by atoms with Gasteiger partial charge in [-0.2, -0.15) is 0 Å². The van der Waals surface area contributed by atoms with E-state index in [1.165, 1.54) is 30.9 Å². The van der Waals surface area contributed by atoms with Crippen LogP contribution < -0.4 is 0 Å². The van der Waals surface area contributed by atoms with E-state index in [2.05, 4.69) is 0 Å². The molecule has 0 radical (unpaired) electrons. The minimum atomic E-state index is -1.62. The van der Waals surface area contributed by atoms with Crippen molar-refractivity contribution in [1.29, 1.82) is 0 Å². The van der Waals surface area contributed by atoms with Gasteiger partial charge >= 0.3 is 0 Å². The third kappa shape index (κ3) is 2.98. The molecule has 1 N–H and O–H groups in total. The van der Waals surface area contributed by atoms with Gasteiger partial charge in [0.05, 0.1) is 17.1 Å². The number of nitro groups is 1. The number of rotatable bonds is 4. The smallest absolute Gasteiger partial charge is 0.288 e. The van der Waals surface area contributed by atoms with Crippen LogP contribution in [0.1, 0.15) is 29.8 Å². The first-order chi connectivity index (χ1) is 9.61. The van der Waals surface area contributed by atoms with Crippen molar-refractivity contribution < 1.29 is 19.2 Å². The van der Waals surface area contributed by atoms with Gasteiger partial charge in [-0.05, 0) is 25.5 Å². The highest BCUT2D eigenvalue weighted by atomic mass is 35.5. The third-order valence-corrected chi connectivity index (χ3v) is 3.70. The summed E-state index contributed by atoms with van der Waals surface area (Å²) >= 11 is 5.77. The Labute approximate surface area is 125 Å². The maximum absolute atomic E-state index is 13.9. The van der Waals surface area contributed by atoms with Crippen molar-refractivity contribution in [3.05, 3.63) is 38.4 Å². The number of halogens is 2. The zero-order valence-electron chi connectivity index (χ0n) is 11.5. The van der Waals surface area contributed by atoms with E-state index in [4.69, 9.17) is 11.6 Å². The van der Waals surface area contributed by atoms with E-state index in [1.54, 1.807) is 0 Å². The number of carbonyl (C=O) groups is 1. The van der Waals surface area contributed by atoms with E-state index < -0.39 is 22.6 Å². The van der Waals surface area contributed by atoms with E-state index >= 15 is 0 Å². The van der Waals surface area contributed by atoms with Crippen LogP contribution in [0.5, 0.6) is 0 Å². The number of amides is 1. The average molecular weight is 317 g/mol. The van der Waals surface area contributed by atoms with Crippen LogP contribution in [0.3, 0.4) is 0 Å². The van der Waals surface area contributed by atoms with Gasteiger partial charge in [-0.1, -0.05) is 11.6 Å². The fourth-order valence-corrected chi connectivity index (χ4v) is 2.32. The Hall–Kier alpha value is -1.73. The Morgan fingerprint density at radius 1 is 1.57 bits per heavy atom. The second-order valence-corrected chi connectivity index (χ2v) is 5.93. The standard InChI is InChI=1S/C13H14ClFN2O4/c1-13(2,19)11(15)6-16-5-7-3-10(17(20)21)9(14)4-8(7)12(16)18/h3-4,11,19H,5-6H2,1-2H3. The quantitative estimate of drug-likeness (QED) is 0.682. The molecule has 1 aromatic carbocycles. The highest BCUT2D eigenvalue weighted by Gasteiger charge is 2.35. The van der Waals surface area contributed by atoms with Crippen molar-refractivity contribution >= 4 is 23.2 Å². The summed E-state index contributed by atoms with van der Waals surface area (Å²) in [5, 5.41) is 20.3. The Morgan fingerprint density at radius 2 is 2.19 bits per heavy atom. The number of nitrogens with zero attached hydrogens (tertiary/aromatic N) is 2. The summed E-state index contributed by atoms with van der Waals surface area (Å²) in [4.78, 5) is 23.5. The van der Waals surface area contributed by atoms with Crippen LogP contribution >= 0.6 is 11.6 Å². The van der Waals surface area contributed by atoms with Crippen molar-refractivity contribution in [3.63, 3.8) is 0 Å². The van der Waals surface area contributed by atoms with Crippen molar-refractivity contribution in [2.75, 3.05) is 6.54 Å². The number of aliphatic hydroxyl groups is 1. The number of alkyl halides is 1. The molecule has 1 unspecified atom stereocenters. The molecule has 21 heavy (non-hydrogen) atoms. The molecule has 1 aliphatic rings. The lowest BCUT2D eigenvalue weighted by molar-refractivity contribution is -0.384. The molecular weight excluding hydrogens is 303 g/mol. The SMILES string of the molecule is CC(C)(O)C(F)CN1Cc2cc([N+](=O)[O-])c(Cl)cc2C1=O. The molecule has 0 aromatic heterocycles. The molecule has 1 aromatic rings. The van der Waals surface area contributed by atoms with Crippen LogP contribution in [0.25, 0.3) is 0 Å². The van der Waals surface area contributed by atoms with Gasteiger partial charge in [-0.3, -0.25) is 14.9 Å². The van der Waals surface area contributed by atoms with Crippen molar-refractivity contribution in [2.45, 2.75) is 32.2 Å². The summed E-state index contributed by atoms with van der Waals surface area (Å²) in [7, 11) is 0. The van der Waals surface area contributed by atoms with Crippen LogP contribution in [-0.4, -0.2) is 39.2 Å². The van der Waals surface area contributed by atoms with Gasteiger partial charge < -0.3 is 10.0 Å². The number of benzene rings is 1. The van der Waals surface area contributed by atoms with E-state index in [0.29, 0.717) is 5.56 Å². The molecule has 8 heteroatoms. The second kappa shape index (κ2) is 5.23. The van der Waals surface area contributed by atoms with Crippen molar-refractivity contribution in [2.24, 2.45) is 0 Å². The predicted octanol–water partition coefficient (Wildman–Crippen LogP) is 2.31. The Morgan fingerprint density at radius 3 is 2.71 bits per heavy atom. The molecule has 2 rings (SSSR count). The molecule has 0 bridgehead atoms. The molecule has 0 saturated heterocycles. The molecule has 1 heterocycles. The normalized spacial score (nSPS) is 16.0. The van der Waals surface area contributed by atoms with E-state index in [0.717, 1.165) is 0 Å². The zero-order valence-corrected chi connectivity index (χ0v) is 12.2. The first-order valence-electron chi connectivity index (χ1n) is 6.23. The molecule has 114 valence electrons. The van der Waals surface area contributed by atoms with Crippen molar-refractivity contribution in [1.82, 2.24) is 4.90 Å². The van der Waals surface area contributed by atoms with E-state index in [1.807, 2.05) is 0 Å². The molecule has 0 spiro atoms. The topological polar surface area (TPSA) is 83.7 Å². The first-order valence-corrected chi connectivity index (χ1v) is 6.61. The first kappa shape index (κ1) is 15.7. The van der Waals surface area contributed by atoms with Crippen LogP contribution in [0.2, 0.25) is 5.02 Å². The van der Waals surface area contributed by atoms with Gasteiger partial charge in [0.25, 0.3) is 11.6 Å². The van der Waals surface area contributed by atoms with E-state index in [-0.39, 0.29) is 29.4 Å². The molecule has 0 saturated carbocycles. The Bertz CT molecular complexity index is 615. The van der Waals surface area contributed by atoms with Crippen molar-refractivity contribution in [3.8, 4) is 0 Å². The Balaban J connectivity index is 2.26. The molecule has 1 aliphatic heterocycles. The number of fused-ring (bicyclic) bond motifs is 1. The summed E-state index contributed by atoms with van der Waals surface area (Å²) in [5.74, 6) is -0.450. The van der Waals surface area contributed by atoms with Gasteiger partial charge in [0.2, 0.25) is 0 Å². The molecule has 6 nitrogen and oxygen atoms in total. The number of hydrogen-bond acceptors (Lipinski definition) is 4. The molecule has 1 atom stereocenters. The van der Waals surface area contributed by atoms with Crippen LogP contribution in [0.4, 0.5) is 10.1 Å². The summed E-state index contributed by atoms with van der Waals surface area (Å²) in [5.41, 5.74) is -1.20. The maximum atomic E-state index is 13.9. The Kier molecular flexibility index (Phi) is 3.90. The maximum Gasteiger partial charge on any atom is 0.288 e. The largest absolute Gasteiger partial charge is 0.387 e. The van der Waals surface area contributed by atoms with Gasteiger partial charge in [-0.15, -0.1) is 0 Å². The minimum Gasteiger partial charge on any atom is -0.387 e. The van der Waals surface area contributed by atoms with Crippen LogP contribution in [-0.2, 0) is 6.54 Å². The average Bonchev–Trinajstić information content (AvgIpc) is 2.64. The molecule has 0 fully saturated rings. The summed E-state index contributed by atoms with van der Waals surface area (Å²) in [6.07, 6.45) is -1.62. The monoisotopic (exact) mass is 316 g/mol. The lowest BCUT2D eigenvalue weighted by Crippen LogP contribution is -2.42. The fraction of sp³-hybridized carbons (Fsp3) is 0.462. The lowest BCUT2D eigenvalue weighted by atomic mass is 10.0. The summed E-state index contributed by atoms with van der Waals surface area (Å²) in [6, 6.07) is 2.46. The molecule has 0 aliphatic carbocycles. The third-order valence-electron chi connectivity index (χ3n) is 3.40. The van der Waals surface area contributed by atoms with Gasteiger partial charge in [-0.25, -0.2) is 4.39 Å². The van der Waals surface area contributed by atoms with Gasteiger partial charge in [0.1, 0.15) is 11.2 Å². The van der Waals surface area contributed by atoms with E-state index in [9.17, 15) is 24.4 Å². The van der Waals surface area contributed by atoms with Crippen LogP contribution in [0.15, 0.2) is 12.1 Å². The predicted molar refractivity (Wildman–Crippen MR) is 74.0 cm³/mol. The minimum absolute atomic E-state index is 0.0582. The summed E-state index contributed by atoms with van der Waals surface area (Å²) in [6.45, 7) is 2.39. The molecule has 1 amide bonds.